The van der Waals surface area contributed by atoms with Crippen LogP contribution in [0.4, 0.5) is 0 Å². The van der Waals surface area contributed by atoms with E-state index in [9.17, 15) is 10.2 Å². The van der Waals surface area contributed by atoms with Gasteiger partial charge in [-0.2, -0.15) is 0 Å². The summed E-state index contributed by atoms with van der Waals surface area (Å²) in [5, 5.41) is 24.8. The second-order valence-electron chi connectivity index (χ2n) is 8.93. The highest BCUT2D eigenvalue weighted by Crippen LogP contribution is 2.27. The molecule has 0 radical (unpaired) electrons. The molecule has 7 nitrogen and oxygen atoms in total. The van der Waals surface area contributed by atoms with Crippen molar-refractivity contribution in [3.05, 3.63) is 57.6 Å². The van der Waals surface area contributed by atoms with Crippen molar-refractivity contribution in [1.82, 2.24) is 15.1 Å². The molecule has 176 valence electrons. The minimum atomic E-state index is 0.319. The molecule has 3 rings (SSSR count). The third-order valence-electron chi connectivity index (χ3n) is 6.22. The smallest absolute Gasteiger partial charge is 0.124 e. The molecule has 1 aliphatic heterocycles. The largest absolute Gasteiger partial charge is 0.507 e. The van der Waals surface area contributed by atoms with E-state index >= 15 is 0 Å². The Balaban J connectivity index is 1.73. The van der Waals surface area contributed by atoms with Crippen molar-refractivity contribution in [2.24, 2.45) is 11.5 Å². The van der Waals surface area contributed by atoms with E-state index in [1.54, 1.807) is 0 Å². The molecule has 1 fully saturated rings. The molecule has 0 aromatic heterocycles. The minimum absolute atomic E-state index is 0.319. The SMILES string of the molecule is Cc1cc(CN)c(O)c(CN2CCCNCCN(Cc3cc(C)cc(CN)c3O)CC2)c1. The number of nitrogens with two attached hydrogens (primary N) is 2. The molecule has 0 unspecified atom stereocenters. The van der Waals surface area contributed by atoms with Gasteiger partial charge in [-0.15, -0.1) is 0 Å². The Labute approximate surface area is 192 Å². The zero-order valence-electron chi connectivity index (χ0n) is 19.5. The number of nitrogens with zero attached hydrogens (tertiary/aromatic N) is 2. The Morgan fingerprint density at radius 3 is 1.69 bits per heavy atom. The van der Waals surface area contributed by atoms with Gasteiger partial charge < -0.3 is 27.0 Å². The lowest BCUT2D eigenvalue weighted by atomic mass is 10.0. The molecule has 1 aliphatic rings. The lowest BCUT2D eigenvalue weighted by Crippen LogP contribution is -2.41. The van der Waals surface area contributed by atoms with Gasteiger partial charge in [0.25, 0.3) is 0 Å². The fourth-order valence-electron chi connectivity index (χ4n) is 4.52. The summed E-state index contributed by atoms with van der Waals surface area (Å²) in [4.78, 5) is 4.78. The van der Waals surface area contributed by atoms with E-state index in [0.29, 0.717) is 37.7 Å². The zero-order valence-corrected chi connectivity index (χ0v) is 19.5. The standard InChI is InChI=1S/C25H39N5O2/c1-18-10-20(14-26)24(31)22(12-18)16-29-6-3-4-28-5-7-30(9-8-29)17-23-13-19(2)11-21(15-27)25(23)32/h10-13,28,31-32H,3-9,14-17,26-27H2,1-2H3. The Kier molecular flexibility index (Phi) is 8.90. The summed E-state index contributed by atoms with van der Waals surface area (Å²) in [6, 6.07) is 8.02. The molecular formula is C25H39N5O2. The summed E-state index contributed by atoms with van der Waals surface area (Å²) in [7, 11) is 0. The average molecular weight is 442 g/mol. The fraction of sp³-hybridized carbons (Fsp3) is 0.520. The predicted octanol–water partition coefficient (Wildman–Crippen LogP) is 1.93. The van der Waals surface area contributed by atoms with Crippen LogP contribution in [-0.2, 0) is 26.2 Å². The topological polar surface area (TPSA) is 111 Å². The van der Waals surface area contributed by atoms with E-state index in [2.05, 4.69) is 27.2 Å². The number of rotatable bonds is 6. The predicted molar refractivity (Wildman–Crippen MR) is 130 cm³/mol. The van der Waals surface area contributed by atoms with Gasteiger partial charge in [-0.3, -0.25) is 9.80 Å². The van der Waals surface area contributed by atoms with Crippen LogP contribution in [0, 0.1) is 13.8 Å². The van der Waals surface area contributed by atoms with Crippen LogP contribution in [0.3, 0.4) is 0 Å². The number of hydrogen-bond acceptors (Lipinski definition) is 7. The molecule has 7 heteroatoms. The monoisotopic (exact) mass is 441 g/mol. The molecular weight excluding hydrogens is 402 g/mol. The van der Waals surface area contributed by atoms with Crippen LogP contribution in [-0.4, -0.2) is 59.3 Å². The molecule has 2 aromatic rings. The normalized spacial score (nSPS) is 16.9. The second-order valence-corrected chi connectivity index (χ2v) is 8.93. The van der Waals surface area contributed by atoms with Crippen molar-refractivity contribution in [2.45, 2.75) is 46.4 Å². The maximum Gasteiger partial charge on any atom is 0.124 e. The minimum Gasteiger partial charge on any atom is -0.507 e. The van der Waals surface area contributed by atoms with Crippen LogP contribution in [0.15, 0.2) is 24.3 Å². The van der Waals surface area contributed by atoms with E-state index < -0.39 is 0 Å². The molecule has 0 bridgehead atoms. The summed E-state index contributed by atoms with van der Waals surface area (Å²) in [5.74, 6) is 0.642. The van der Waals surface area contributed by atoms with Gasteiger partial charge in [-0.1, -0.05) is 35.4 Å². The van der Waals surface area contributed by atoms with Gasteiger partial charge in [0.1, 0.15) is 11.5 Å². The molecule has 1 saturated heterocycles. The third kappa shape index (κ3) is 6.43. The van der Waals surface area contributed by atoms with Crippen LogP contribution in [0.5, 0.6) is 11.5 Å². The number of hydrogen-bond donors (Lipinski definition) is 5. The van der Waals surface area contributed by atoms with Crippen LogP contribution >= 0.6 is 0 Å². The lowest BCUT2D eigenvalue weighted by Gasteiger charge is -2.30. The second kappa shape index (κ2) is 11.6. The van der Waals surface area contributed by atoms with Crippen molar-refractivity contribution < 1.29 is 10.2 Å². The fourth-order valence-corrected chi connectivity index (χ4v) is 4.52. The lowest BCUT2D eigenvalue weighted by molar-refractivity contribution is 0.181. The Hall–Kier alpha value is -2.16. The van der Waals surface area contributed by atoms with E-state index in [1.165, 1.54) is 0 Å². The average Bonchev–Trinajstić information content (AvgIpc) is 2.77. The highest BCUT2D eigenvalue weighted by molar-refractivity contribution is 5.44. The molecule has 0 atom stereocenters. The summed E-state index contributed by atoms with van der Waals surface area (Å²) >= 11 is 0. The van der Waals surface area contributed by atoms with Gasteiger partial charge in [-0.05, 0) is 33.4 Å². The first-order chi connectivity index (χ1) is 15.4. The molecule has 7 N–H and O–H groups in total. The van der Waals surface area contributed by atoms with Crippen molar-refractivity contribution >= 4 is 0 Å². The summed E-state index contributed by atoms with van der Waals surface area (Å²) < 4.78 is 0. The number of aromatic hydroxyl groups is 2. The number of phenols is 2. The molecule has 0 spiro atoms. The van der Waals surface area contributed by atoms with E-state index in [1.807, 2.05) is 26.0 Å². The highest BCUT2D eigenvalue weighted by Gasteiger charge is 2.17. The first-order valence-corrected chi connectivity index (χ1v) is 11.6. The van der Waals surface area contributed by atoms with Gasteiger partial charge >= 0.3 is 0 Å². The number of benzene rings is 2. The van der Waals surface area contributed by atoms with E-state index in [-0.39, 0.29) is 0 Å². The summed E-state index contributed by atoms with van der Waals surface area (Å²) in [6.45, 7) is 11.7. The van der Waals surface area contributed by atoms with Gasteiger partial charge in [0.05, 0.1) is 0 Å². The number of phenolic OH excluding ortho intramolecular Hbond substituents is 2. The number of nitrogens with one attached hydrogen (secondary N) is 1. The summed E-state index contributed by atoms with van der Waals surface area (Å²) in [5.41, 5.74) is 17.3. The van der Waals surface area contributed by atoms with E-state index in [0.717, 1.165) is 79.1 Å². The van der Waals surface area contributed by atoms with Gasteiger partial charge in [0, 0.05) is 74.6 Å². The van der Waals surface area contributed by atoms with E-state index in [4.69, 9.17) is 11.5 Å². The van der Waals surface area contributed by atoms with Crippen LogP contribution in [0.2, 0.25) is 0 Å². The Bertz CT molecular complexity index is 829. The molecule has 0 aliphatic carbocycles. The molecule has 1 heterocycles. The maximum absolute atomic E-state index is 10.7. The third-order valence-corrected chi connectivity index (χ3v) is 6.22. The zero-order chi connectivity index (χ0) is 23.1. The van der Waals surface area contributed by atoms with Crippen molar-refractivity contribution in [3.63, 3.8) is 0 Å². The maximum atomic E-state index is 10.7. The molecule has 0 amide bonds. The Morgan fingerprint density at radius 1 is 0.719 bits per heavy atom. The van der Waals surface area contributed by atoms with Crippen LogP contribution in [0.25, 0.3) is 0 Å². The molecule has 32 heavy (non-hydrogen) atoms. The Morgan fingerprint density at radius 2 is 1.19 bits per heavy atom. The van der Waals surface area contributed by atoms with Gasteiger partial charge in [-0.25, -0.2) is 0 Å². The van der Waals surface area contributed by atoms with Crippen molar-refractivity contribution in [1.29, 1.82) is 0 Å². The first-order valence-electron chi connectivity index (χ1n) is 11.6. The van der Waals surface area contributed by atoms with Crippen molar-refractivity contribution in [3.8, 4) is 11.5 Å². The quantitative estimate of drug-likeness (QED) is 0.466. The van der Waals surface area contributed by atoms with Gasteiger partial charge in [0.15, 0.2) is 0 Å². The van der Waals surface area contributed by atoms with Crippen LogP contribution in [0.1, 0.15) is 39.8 Å². The first kappa shape index (κ1) is 24.5. The number of aryl methyl sites for hydroxylation is 2. The summed E-state index contributed by atoms with van der Waals surface area (Å²) in [6.07, 6.45) is 1.06. The molecule has 2 aromatic carbocycles. The van der Waals surface area contributed by atoms with Gasteiger partial charge in [0.2, 0.25) is 0 Å². The van der Waals surface area contributed by atoms with Crippen LogP contribution < -0.4 is 16.8 Å². The molecule has 0 saturated carbocycles. The highest BCUT2D eigenvalue weighted by atomic mass is 16.3. The van der Waals surface area contributed by atoms with Crippen molar-refractivity contribution in [2.75, 3.05) is 39.3 Å².